The maximum atomic E-state index is 13.1. The second kappa shape index (κ2) is 8.44. The van der Waals surface area contributed by atoms with Gasteiger partial charge in [-0.05, 0) is 43.4 Å². The van der Waals surface area contributed by atoms with Crippen molar-refractivity contribution in [1.29, 1.82) is 0 Å². The van der Waals surface area contributed by atoms with Gasteiger partial charge in [0.2, 0.25) is 5.91 Å². The van der Waals surface area contributed by atoms with Crippen molar-refractivity contribution in [1.82, 2.24) is 14.7 Å². The summed E-state index contributed by atoms with van der Waals surface area (Å²) >= 11 is 0. The average molecular weight is 441 g/mol. The number of hydrogen-bond acceptors (Lipinski definition) is 6. The zero-order valence-electron chi connectivity index (χ0n) is 18.0. The average Bonchev–Trinajstić information content (AvgIpc) is 3.49. The molecule has 5 amide bonds. The van der Waals surface area contributed by atoms with E-state index in [1.807, 2.05) is 18.2 Å². The van der Waals surface area contributed by atoms with Crippen molar-refractivity contribution in [2.75, 3.05) is 26.3 Å². The predicted molar refractivity (Wildman–Crippen MR) is 112 cm³/mol. The third kappa shape index (κ3) is 3.59. The first kappa shape index (κ1) is 20.8. The largest absolute Gasteiger partial charge is 0.490 e. The van der Waals surface area contributed by atoms with Crippen LogP contribution in [0, 0.1) is 0 Å². The number of nitrogens with zero attached hydrogens (tertiary/aromatic N) is 3. The Hall–Kier alpha value is -3.10. The summed E-state index contributed by atoms with van der Waals surface area (Å²) in [5, 5.41) is 0. The molecule has 1 saturated carbocycles. The van der Waals surface area contributed by atoms with Gasteiger partial charge in [0.05, 0.1) is 19.3 Å². The summed E-state index contributed by atoms with van der Waals surface area (Å²) in [7, 11) is 0. The number of carbonyl (C=O) groups excluding carboxylic acids is 4. The molecule has 3 fully saturated rings. The van der Waals surface area contributed by atoms with E-state index >= 15 is 0 Å². The second-order valence-corrected chi connectivity index (χ2v) is 8.79. The lowest BCUT2D eigenvalue weighted by atomic mass is 10.0. The molecule has 0 N–H and O–H groups in total. The molecule has 0 radical (unpaired) electrons. The third-order valence-corrected chi connectivity index (χ3v) is 6.80. The molecule has 0 bridgehead atoms. The highest BCUT2D eigenvalue weighted by Crippen LogP contribution is 2.38. The summed E-state index contributed by atoms with van der Waals surface area (Å²) in [6.07, 6.45) is 5.70. The standard InChI is InChI=1S/C23H27N3O6/c27-20(14-25-21(28)22(29)26(23(25)30)16-5-1-2-6-16)24-10-3-7-17(24)15-8-9-18-19(13-15)32-12-4-11-31-18/h8-9,13,16-17H,1-7,10-12,14H2/t17-/m1/s1. The van der Waals surface area contributed by atoms with Crippen LogP contribution in [0.4, 0.5) is 4.79 Å². The molecule has 1 aromatic carbocycles. The van der Waals surface area contributed by atoms with Crippen LogP contribution < -0.4 is 9.47 Å². The van der Waals surface area contributed by atoms with E-state index in [0.29, 0.717) is 44.1 Å². The van der Waals surface area contributed by atoms with E-state index in [0.717, 1.165) is 47.5 Å². The van der Waals surface area contributed by atoms with Crippen molar-refractivity contribution < 1.29 is 28.7 Å². The lowest BCUT2D eigenvalue weighted by Crippen LogP contribution is -2.44. The molecular formula is C23H27N3O6. The van der Waals surface area contributed by atoms with Crippen molar-refractivity contribution >= 4 is 23.8 Å². The number of urea groups is 1. The highest BCUT2D eigenvalue weighted by atomic mass is 16.5. The van der Waals surface area contributed by atoms with Gasteiger partial charge in [0.15, 0.2) is 11.5 Å². The molecule has 2 saturated heterocycles. The van der Waals surface area contributed by atoms with Gasteiger partial charge in [0, 0.05) is 19.0 Å². The zero-order valence-corrected chi connectivity index (χ0v) is 18.0. The topological polar surface area (TPSA) is 96.5 Å². The minimum Gasteiger partial charge on any atom is -0.490 e. The van der Waals surface area contributed by atoms with E-state index < -0.39 is 24.4 Å². The monoisotopic (exact) mass is 441 g/mol. The predicted octanol–water partition coefficient (Wildman–Crippen LogP) is 2.24. The highest BCUT2D eigenvalue weighted by molar-refractivity contribution is 6.45. The second-order valence-electron chi connectivity index (χ2n) is 8.79. The lowest BCUT2D eigenvalue weighted by molar-refractivity contribution is -0.145. The van der Waals surface area contributed by atoms with Crippen LogP contribution in [0.15, 0.2) is 18.2 Å². The van der Waals surface area contributed by atoms with E-state index in [1.54, 1.807) is 4.90 Å². The highest BCUT2D eigenvalue weighted by Gasteiger charge is 2.49. The summed E-state index contributed by atoms with van der Waals surface area (Å²) in [5.74, 6) is -0.678. The molecule has 1 aliphatic carbocycles. The smallest absolute Gasteiger partial charge is 0.334 e. The Morgan fingerprint density at radius 3 is 2.44 bits per heavy atom. The summed E-state index contributed by atoms with van der Waals surface area (Å²) in [6.45, 7) is 1.31. The number of ether oxygens (including phenoxy) is 2. The molecule has 3 heterocycles. The number of amides is 5. The number of rotatable bonds is 4. The fourth-order valence-corrected chi connectivity index (χ4v) is 5.17. The first-order chi connectivity index (χ1) is 15.5. The van der Waals surface area contributed by atoms with Crippen molar-refractivity contribution in [2.45, 2.75) is 57.0 Å². The van der Waals surface area contributed by atoms with E-state index in [1.165, 1.54) is 0 Å². The van der Waals surface area contributed by atoms with E-state index in [9.17, 15) is 19.2 Å². The number of benzene rings is 1. The molecular weight excluding hydrogens is 414 g/mol. The Morgan fingerprint density at radius 2 is 1.66 bits per heavy atom. The van der Waals surface area contributed by atoms with Crippen molar-refractivity contribution in [3.05, 3.63) is 23.8 Å². The Labute approximate surface area is 186 Å². The molecule has 1 atom stereocenters. The van der Waals surface area contributed by atoms with Gasteiger partial charge in [-0.3, -0.25) is 19.3 Å². The fourth-order valence-electron chi connectivity index (χ4n) is 5.17. The summed E-state index contributed by atoms with van der Waals surface area (Å²) in [5.41, 5.74) is 0.933. The summed E-state index contributed by atoms with van der Waals surface area (Å²) < 4.78 is 11.5. The zero-order chi connectivity index (χ0) is 22.2. The summed E-state index contributed by atoms with van der Waals surface area (Å²) in [4.78, 5) is 54.5. The van der Waals surface area contributed by atoms with Crippen LogP contribution >= 0.6 is 0 Å². The molecule has 1 aromatic rings. The van der Waals surface area contributed by atoms with Crippen molar-refractivity contribution in [2.24, 2.45) is 0 Å². The number of hydrogen-bond donors (Lipinski definition) is 0. The molecule has 9 heteroatoms. The normalized spacial score (nSPS) is 23.9. The minimum absolute atomic E-state index is 0.172. The van der Waals surface area contributed by atoms with Gasteiger partial charge in [-0.2, -0.15) is 0 Å². The third-order valence-electron chi connectivity index (χ3n) is 6.80. The van der Waals surface area contributed by atoms with Crippen LogP contribution in [0.3, 0.4) is 0 Å². The van der Waals surface area contributed by atoms with Gasteiger partial charge in [-0.15, -0.1) is 0 Å². The van der Waals surface area contributed by atoms with Gasteiger partial charge in [0.1, 0.15) is 6.54 Å². The molecule has 32 heavy (non-hydrogen) atoms. The summed E-state index contributed by atoms with van der Waals surface area (Å²) in [6, 6.07) is 4.64. The fraction of sp³-hybridized carbons (Fsp3) is 0.565. The van der Waals surface area contributed by atoms with Crippen LogP contribution in [-0.2, 0) is 14.4 Å². The maximum Gasteiger partial charge on any atom is 0.334 e. The lowest BCUT2D eigenvalue weighted by Gasteiger charge is -2.27. The Kier molecular flexibility index (Phi) is 5.48. The minimum atomic E-state index is -0.901. The van der Waals surface area contributed by atoms with Crippen molar-refractivity contribution in [3.63, 3.8) is 0 Å². The quantitative estimate of drug-likeness (QED) is 0.525. The molecule has 3 aliphatic heterocycles. The SMILES string of the molecule is O=C1C(=O)N(C2CCCC2)C(=O)N1CC(=O)N1CCC[C@@H]1c1ccc2c(c1)OCCCO2. The van der Waals surface area contributed by atoms with E-state index in [2.05, 4.69) is 0 Å². The number of likely N-dealkylation sites (tertiary alicyclic amines) is 1. The van der Waals surface area contributed by atoms with Crippen LogP contribution in [0.2, 0.25) is 0 Å². The first-order valence-corrected chi connectivity index (χ1v) is 11.4. The molecule has 4 aliphatic rings. The van der Waals surface area contributed by atoms with Gasteiger partial charge >= 0.3 is 17.8 Å². The maximum absolute atomic E-state index is 13.1. The van der Waals surface area contributed by atoms with Crippen LogP contribution in [0.1, 0.15) is 56.6 Å². The van der Waals surface area contributed by atoms with Crippen LogP contribution in [-0.4, -0.2) is 70.8 Å². The van der Waals surface area contributed by atoms with Gasteiger partial charge < -0.3 is 14.4 Å². The van der Waals surface area contributed by atoms with Crippen molar-refractivity contribution in [3.8, 4) is 11.5 Å². The molecule has 170 valence electrons. The number of carbonyl (C=O) groups is 4. The van der Waals surface area contributed by atoms with Gasteiger partial charge in [-0.25, -0.2) is 9.69 Å². The molecule has 0 spiro atoms. The van der Waals surface area contributed by atoms with Gasteiger partial charge in [0.25, 0.3) is 0 Å². The van der Waals surface area contributed by atoms with Crippen LogP contribution in [0.25, 0.3) is 0 Å². The van der Waals surface area contributed by atoms with Gasteiger partial charge in [-0.1, -0.05) is 18.9 Å². The first-order valence-electron chi connectivity index (χ1n) is 11.4. The Morgan fingerprint density at radius 1 is 0.906 bits per heavy atom. The number of fused-ring (bicyclic) bond motifs is 1. The molecule has 0 unspecified atom stereocenters. The Bertz CT molecular complexity index is 957. The molecule has 9 nitrogen and oxygen atoms in total. The molecule has 5 rings (SSSR count). The Balaban J connectivity index is 1.31. The number of imide groups is 2. The van der Waals surface area contributed by atoms with E-state index in [4.69, 9.17) is 9.47 Å². The van der Waals surface area contributed by atoms with Crippen LogP contribution in [0.5, 0.6) is 11.5 Å². The molecule has 0 aromatic heterocycles. The van der Waals surface area contributed by atoms with E-state index in [-0.39, 0.29) is 18.0 Å².